The van der Waals surface area contributed by atoms with Crippen LogP contribution in [-0.4, -0.2) is 47.2 Å². The van der Waals surface area contributed by atoms with Gasteiger partial charge in [-0.1, -0.05) is 12.8 Å². The molecule has 3 rings (SSSR count). The van der Waals surface area contributed by atoms with E-state index in [1.54, 1.807) is 18.7 Å². The lowest BCUT2D eigenvalue weighted by molar-refractivity contribution is -0.136. The number of ether oxygens (including phenoxy) is 1. The summed E-state index contributed by atoms with van der Waals surface area (Å²) in [7, 11) is 1.32. The number of methoxy groups -OCH3 is 1. The van der Waals surface area contributed by atoms with Gasteiger partial charge in [-0.3, -0.25) is 9.59 Å². The molecule has 2 aliphatic rings. The highest BCUT2D eigenvalue weighted by Gasteiger charge is 2.37. The smallest absolute Gasteiger partial charge is 0.354 e. The number of aromatic nitrogens is 1. The molecule has 0 unspecified atom stereocenters. The topological polar surface area (TPSA) is 79.5 Å². The van der Waals surface area contributed by atoms with Crippen molar-refractivity contribution < 1.29 is 19.1 Å². The van der Waals surface area contributed by atoms with E-state index in [2.05, 4.69) is 4.98 Å². The van der Waals surface area contributed by atoms with Gasteiger partial charge in [0.25, 0.3) is 0 Å². The molecule has 1 aromatic rings. The zero-order chi connectivity index (χ0) is 19.7. The first-order chi connectivity index (χ1) is 12.8. The van der Waals surface area contributed by atoms with Gasteiger partial charge >= 0.3 is 5.97 Å². The molecule has 0 spiro atoms. The predicted octanol–water partition coefficient (Wildman–Crippen LogP) is 3.42. The maximum atomic E-state index is 13.3. The maximum Gasteiger partial charge on any atom is 0.354 e. The van der Waals surface area contributed by atoms with Crippen LogP contribution < -0.4 is 0 Å². The average molecular weight is 374 g/mol. The van der Waals surface area contributed by atoms with Crippen molar-refractivity contribution in [1.82, 2.24) is 9.88 Å². The molecular formula is C21H30N2O4. The highest BCUT2D eigenvalue weighted by molar-refractivity contribution is 6.06. The number of aromatic amines is 1. The number of amides is 1. The predicted molar refractivity (Wildman–Crippen MR) is 102 cm³/mol. The number of carbonyl (C=O) groups is 3. The second-order valence-electron chi connectivity index (χ2n) is 8.07. The molecule has 0 bridgehead atoms. The third kappa shape index (κ3) is 3.94. The summed E-state index contributed by atoms with van der Waals surface area (Å²) in [5.74, 6) is 0.101. The van der Waals surface area contributed by atoms with Crippen molar-refractivity contribution >= 4 is 17.7 Å². The molecule has 6 heteroatoms. The molecule has 2 fully saturated rings. The van der Waals surface area contributed by atoms with Crippen LogP contribution in [0, 0.1) is 25.7 Å². The molecule has 27 heavy (non-hydrogen) atoms. The minimum Gasteiger partial charge on any atom is -0.464 e. The Balaban J connectivity index is 1.86. The standard InChI is InChI=1S/C21H30N2O4/c1-12-17(13(2)22-18(12)21(26)27-4)19(24)14(3)23(11-15-9-10-15)20(25)16-7-5-6-8-16/h14-16,22H,5-11H2,1-4H3/t14-/m0/s1. The minimum absolute atomic E-state index is 0.0537. The van der Waals surface area contributed by atoms with E-state index in [0.29, 0.717) is 35.0 Å². The molecule has 148 valence electrons. The van der Waals surface area contributed by atoms with Crippen LogP contribution in [0.2, 0.25) is 0 Å². The van der Waals surface area contributed by atoms with Gasteiger partial charge in [0.05, 0.1) is 13.2 Å². The zero-order valence-electron chi connectivity index (χ0n) is 16.8. The summed E-state index contributed by atoms with van der Waals surface area (Å²) in [6.07, 6.45) is 6.29. The number of carbonyl (C=O) groups excluding carboxylic acids is 3. The highest BCUT2D eigenvalue weighted by Crippen LogP contribution is 2.34. The number of Topliss-reactive ketones (excluding diaryl/α,β-unsaturated/α-hetero) is 1. The number of nitrogens with one attached hydrogen (secondary N) is 1. The van der Waals surface area contributed by atoms with E-state index < -0.39 is 12.0 Å². The van der Waals surface area contributed by atoms with E-state index in [1.165, 1.54) is 7.11 Å². The highest BCUT2D eigenvalue weighted by atomic mass is 16.5. The van der Waals surface area contributed by atoms with Crippen molar-refractivity contribution in [2.24, 2.45) is 11.8 Å². The van der Waals surface area contributed by atoms with Crippen molar-refractivity contribution in [1.29, 1.82) is 0 Å². The first-order valence-electron chi connectivity index (χ1n) is 9.97. The third-order valence-corrected chi connectivity index (χ3v) is 6.06. The molecule has 2 saturated carbocycles. The molecule has 2 aliphatic carbocycles. The summed E-state index contributed by atoms with van der Waals surface area (Å²) in [6.45, 7) is 6.01. The van der Waals surface area contributed by atoms with Crippen LogP contribution in [0.25, 0.3) is 0 Å². The minimum atomic E-state index is -0.530. The third-order valence-electron chi connectivity index (χ3n) is 6.06. The Labute approximate surface area is 160 Å². The number of hydrogen-bond acceptors (Lipinski definition) is 4. The molecule has 1 aromatic heterocycles. The number of ketones is 1. The molecular weight excluding hydrogens is 344 g/mol. The fourth-order valence-electron chi connectivity index (χ4n) is 4.20. The molecule has 0 aliphatic heterocycles. The Morgan fingerprint density at radius 3 is 2.33 bits per heavy atom. The van der Waals surface area contributed by atoms with Gasteiger partial charge in [-0.05, 0) is 57.9 Å². The summed E-state index contributed by atoms with van der Waals surface area (Å²) in [5.41, 5.74) is 2.05. The van der Waals surface area contributed by atoms with Crippen LogP contribution >= 0.6 is 0 Å². The average Bonchev–Trinajstić information content (AvgIpc) is 3.20. The van der Waals surface area contributed by atoms with Crippen molar-refractivity contribution in [3.63, 3.8) is 0 Å². The first-order valence-corrected chi connectivity index (χ1v) is 9.97. The Kier molecular flexibility index (Phi) is 5.72. The number of hydrogen-bond donors (Lipinski definition) is 1. The van der Waals surface area contributed by atoms with E-state index in [9.17, 15) is 14.4 Å². The van der Waals surface area contributed by atoms with Crippen LogP contribution in [-0.2, 0) is 9.53 Å². The lowest BCUT2D eigenvalue weighted by Gasteiger charge is -2.31. The number of rotatable bonds is 7. The molecule has 1 N–H and O–H groups in total. The molecule has 0 saturated heterocycles. The van der Waals surface area contributed by atoms with Crippen LogP contribution in [0.1, 0.15) is 77.6 Å². The van der Waals surface area contributed by atoms with E-state index >= 15 is 0 Å². The quantitative estimate of drug-likeness (QED) is 0.586. The molecule has 0 radical (unpaired) electrons. The Morgan fingerprint density at radius 1 is 1.15 bits per heavy atom. The summed E-state index contributed by atoms with van der Waals surface area (Å²) >= 11 is 0. The van der Waals surface area contributed by atoms with E-state index in [0.717, 1.165) is 38.5 Å². The van der Waals surface area contributed by atoms with E-state index in [-0.39, 0.29) is 17.6 Å². The summed E-state index contributed by atoms with van der Waals surface area (Å²) in [5, 5.41) is 0. The van der Waals surface area contributed by atoms with Crippen molar-refractivity contribution in [3.8, 4) is 0 Å². The number of H-pyrrole nitrogens is 1. The second kappa shape index (κ2) is 7.87. The Hall–Kier alpha value is -2.11. The monoisotopic (exact) mass is 374 g/mol. The van der Waals surface area contributed by atoms with Crippen LogP contribution in [0.5, 0.6) is 0 Å². The summed E-state index contributed by atoms with van der Waals surface area (Å²) in [4.78, 5) is 43.1. The van der Waals surface area contributed by atoms with Crippen molar-refractivity contribution in [2.75, 3.05) is 13.7 Å². The van der Waals surface area contributed by atoms with Crippen LogP contribution in [0.15, 0.2) is 0 Å². The van der Waals surface area contributed by atoms with Crippen molar-refractivity contribution in [3.05, 3.63) is 22.5 Å². The van der Waals surface area contributed by atoms with Gasteiger partial charge in [0.15, 0.2) is 5.78 Å². The van der Waals surface area contributed by atoms with Gasteiger partial charge in [-0.25, -0.2) is 4.79 Å². The van der Waals surface area contributed by atoms with Gasteiger partial charge in [0.2, 0.25) is 5.91 Å². The first kappa shape index (κ1) is 19.6. The SMILES string of the molecule is COC(=O)c1[nH]c(C)c(C(=O)[C@H](C)N(CC2CC2)C(=O)C2CCCC2)c1C. The molecule has 6 nitrogen and oxygen atoms in total. The molecule has 1 heterocycles. The van der Waals surface area contributed by atoms with Gasteiger partial charge in [0.1, 0.15) is 5.69 Å². The Bertz CT molecular complexity index is 742. The van der Waals surface area contributed by atoms with Gasteiger partial charge in [0, 0.05) is 23.7 Å². The number of esters is 1. The maximum absolute atomic E-state index is 13.3. The fourth-order valence-corrected chi connectivity index (χ4v) is 4.20. The largest absolute Gasteiger partial charge is 0.464 e. The van der Waals surface area contributed by atoms with Crippen LogP contribution in [0.3, 0.4) is 0 Å². The number of nitrogens with zero attached hydrogens (tertiary/aromatic N) is 1. The lowest BCUT2D eigenvalue weighted by atomic mass is 9.97. The number of aryl methyl sites for hydroxylation is 1. The normalized spacial score (nSPS) is 18.4. The van der Waals surface area contributed by atoms with Crippen molar-refractivity contribution in [2.45, 2.75) is 65.3 Å². The second-order valence-corrected chi connectivity index (χ2v) is 8.07. The molecule has 0 aromatic carbocycles. The Morgan fingerprint density at radius 2 is 1.78 bits per heavy atom. The summed E-state index contributed by atoms with van der Waals surface area (Å²) in [6, 6.07) is -0.530. The fraction of sp³-hybridized carbons (Fsp3) is 0.667. The van der Waals surface area contributed by atoms with Crippen LogP contribution in [0.4, 0.5) is 0 Å². The lowest BCUT2D eigenvalue weighted by Crippen LogP contribution is -2.47. The van der Waals surface area contributed by atoms with Gasteiger partial charge < -0.3 is 14.6 Å². The molecule has 1 atom stereocenters. The van der Waals surface area contributed by atoms with Gasteiger partial charge in [-0.15, -0.1) is 0 Å². The van der Waals surface area contributed by atoms with E-state index in [4.69, 9.17) is 4.74 Å². The van der Waals surface area contributed by atoms with Gasteiger partial charge in [-0.2, -0.15) is 0 Å². The summed E-state index contributed by atoms with van der Waals surface area (Å²) < 4.78 is 4.79. The zero-order valence-corrected chi connectivity index (χ0v) is 16.8. The molecule has 1 amide bonds. The van der Waals surface area contributed by atoms with E-state index in [1.807, 2.05) is 6.92 Å².